The Morgan fingerprint density at radius 1 is 1.29 bits per heavy atom. The maximum Gasteiger partial charge on any atom is 0.101 e. The van der Waals surface area contributed by atoms with Crippen molar-refractivity contribution in [2.45, 2.75) is 38.7 Å². The Morgan fingerprint density at radius 3 is 2.76 bits per heavy atom. The quantitative estimate of drug-likeness (QED) is 0.768. The summed E-state index contributed by atoms with van der Waals surface area (Å²) in [6, 6.07) is 0. The van der Waals surface area contributed by atoms with Crippen LogP contribution in [-0.2, 0) is 13.1 Å². The highest BCUT2D eigenvalue weighted by Crippen LogP contribution is 2.20. The Bertz CT molecular complexity index is 476. The highest BCUT2D eigenvalue weighted by molar-refractivity contribution is 6.20. The Hall–Kier alpha value is -1.36. The van der Waals surface area contributed by atoms with E-state index in [0.29, 0.717) is 6.54 Å². The van der Waals surface area contributed by atoms with Crippen LogP contribution >= 0.6 is 11.6 Å². The van der Waals surface area contributed by atoms with Gasteiger partial charge in [-0.2, -0.15) is 5.10 Å². The standard InChI is InChI=1S/C11H16ClN5/c1-3-10(12)11-8-17(15-14-11)7-9-5-13-16(4-2)6-9/h5-6,8,10H,3-4,7H2,1-2H3. The van der Waals surface area contributed by atoms with Gasteiger partial charge in [0.1, 0.15) is 5.69 Å². The molecule has 0 amide bonds. The second-order valence-electron chi connectivity index (χ2n) is 3.92. The molecule has 0 aliphatic rings. The van der Waals surface area contributed by atoms with Crippen molar-refractivity contribution in [2.24, 2.45) is 0 Å². The van der Waals surface area contributed by atoms with Gasteiger partial charge in [0, 0.05) is 18.3 Å². The van der Waals surface area contributed by atoms with E-state index in [2.05, 4.69) is 22.3 Å². The van der Waals surface area contributed by atoms with Gasteiger partial charge in [0.2, 0.25) is 0 Å². The van der Waals surface area contributed by atoms with Gasteiger partial charge in [0.15, 0.2) is 0 Å². The summed E-state index contributed by atoms with van der Waals surface area (Å²) in [5.41, 5.74) is 1.95. The van der Waals surface area contributed by atoms with Crippen LogP contribution in [0.15, 0.2) is 18.6 Å². The van der Waals surface area contributed by atoms with E-state index < -0.39 is 0 Å². The van der Waals surface area contributed by atoms with Crippen molar-refractivity contribution in [3.05, 3.63) is 29.8 Å². The molecule has 2 aromatic rings. The van der Waals surface area contributed by atoms with Gasteiger partial charge in [-0.1, -0.05) is 12.1 Å². The molecule has 0 N–H and O–H groups in total. The number of hydrogen-bond donors (Lipinski definition) is 0. The van der Waals surface area contributed by atoms with E-state index in [9.17, 15) is 0 Å². The normalized spacial score (nSPS) is 12.9. The molecule has 2 aromatic heterocycles. The third-order valence-corrected chi connectivity index (χ3v) is 3.12. The molecule has 1 unspecified atom stereocenters. The van der Waals surface area contributed by atoms with Gasteiger partial charge in [-0.25, -0.2) is 4.68 Å². The first-order valence-corrected chi connectivity index (χ1v) is 6.22. The molecule has 0 spiro atoms. The summed E-state index contributed by atoms with van der Waals surface area (Å²) >= 11 is 6.10. The van der Waals surface area contributed by atoms with Crippen molar-refractivity contribution in [3.8, 4) is 0 Å². The van der Waals surface area contributed by atoms with Crippen molar-refractivity contribution in [1.29, 1.82) is 0 Å². The van der Waals surface area contributed by atoms with E-state index in [0.717, 1.165) is 24.2 Å². The molecule has 0 aliphatic carbocycles. The van der Waals surface area contributed by atoms with Crippen molar-refractivity contribution >= 4 is 11.6 Å². The molecule has 0 radical (unpaired) electrons. The zero-order valence-corrected chi connectivity index (χ0v) is 10.8. The minimum Gasteiger partial charge on any atom is -0.273 e. The van der Waals surface area contributed by atoms with Gasteiger partial charge in [-0.15, -0.1) is 16.7 Å². The lowest BCUT2D eigenvalue weighted by Gasteiger charge is -1.99. The first-order valence-electron chi connectivity index (χ1n) is 5.78. The number of aromatic nitrogens is 5. The lowest BCUT2D eigenvalue weighted by atomic mass is 10.3. The molecule has 0 bridgehead atoms. The van der Waals surface area contributed by atoms with Gasteiger partial charge in [0.05, 0.1) is 24.3 Å². The van der Waals surface area contributed by atoms with E-state index in [4.69, 9.17) is 11.6 Å². The summed E-state index contributed by atoms with van der Waals surface area (Å²) in [5.74, 6) is 0. The molecule has 0 aromatic carbocycles. The number of nitrogens with zero attached hydrogens (tertiary/aromatic N) is 5. The van der Waals surface area contributed by atoms with Gasteiger partial charge in [0.25, 0.3) is 0 Å². The molecule has 1 atom stereocenters. The minimum absolute atomic E-state index is 0.0536. The summed E-state index contributed by atoms with van der Waals surface area (Å²) in [5, 5.41) is 12.3. The Morgan fingerprint density at radius 2 is 2.12 bits per heavy atom. The van der Waals surface area contributed by atoms with Crippen LogP contribution in [0.2, 0.25) is 0 Å². The molecule has 5 nitrogen and oxygen atoms in total. The van der Waals surface area contributed by atoms with Crippen molar-refractivity contribution in [3.63, 3.8) is 0 Å². The molecule has 0 saturated carbocycles. The van der Waals surface area contributed by atoms with Crippen LogP contribution in [0.5, 0.6) is 0 Å². The number of rotatable bonds is 5. The predicted molar refractivity (Wildman–Crippen MR) is 65.9 cm³/mol. The van der Waals surface area contributed by atoms with Crippen LogP contribution < -0.4 is 0 Å². The molecule has 2 rings (SSSR count). The number of hydrogen-bond acceptors (Lipinski definition) is 3. The largest absolute Gasteiger partial charge is 0.273 e. The molecular formula is C11H16ClN5. The Balaban J connectivity index is 2.06. The van der Waals surface area contributed by atoms with Crippen LogP contribution in [0.25, 0.3) is 0 Å². The van der Waals surface area contributed by atoms with E-state index in [1.165, 1.54) is 0 Å². The summed E-state index contributed by atoms with van der Waals surface area (Å²) in [7, 11) is 0. The smallest absolute Gasteiger partial charge is 0.101 e. The van der Waals surface area contributed by atoms with Crippen LogP contribution in [0.3, 0.4) is 0 Å². The predicted octanol–water partition coefficient (Wildman–Crippen LogP) is 2.23. The summed E-state index contributed by atoms with van der Waals surface area (Å²) in [4.78, 5) is 0. The lowest BCUT2D eigenvalue weighted by molar-refractivity contribution is 0.641. The van der Waals surface area contributed by atoms with Gasteiger partial charge in [-0.05, 0) is 13.3 Å². The number of halogens is 1. The van der Waals surface area contributed by atoms with E-state index >= 15 is 0 Å². The van der Waals surface area contributed by atoms with E-state index in [-0.39, 0.29) is 5.38 Å². The van der Waals surface area contributed by atoms with Gasteiger partial charge >= 0.3 is 0 Å². The molecular weight excluding hydrogens is 238 g/mol. The fourth-order valence-corrected chi connectivity index (χ4v) is 1.69. The Labute approximate surface area is 105 Å². The molecule has 0 aliphatic heterocycles. The average molecular weight is 254 g/mol. The maximum absolute atomic E-state index is 6.10. The third kappa shape index (κ3) is 2.85. The Kier molecular flexibility index (Phi) is 3.78. The molecule has 17 heavy (non-hydrogen) atoms. The van der Waals surface area contributed by atoms with Crippen molar-refractivity contribution in [2.75, 3.05) is 0 Å². The highest BCUT2D eigenvalue weighted by atomic mass is 35.5. The summed E-state index contributed by atoms with van der Waals surface area (Å²) in [6.07, 6.45) is 6.61. The van der Waals surface area contributed by atoms with Crippen molar-refractivity contribution in [1.82, 2.24) is 24.8 Å². The number of aryl methyl sites for hydroxylation is 1. The van der Waals surface area contributed by atoms with E-state index in [1.807, 2.05) is 30.2 Å². The molecule has 2 heterocycles. The SMILES string of the molecule is CCC(Cl)c1cn(Cc2cnn(CC)c2)nn1. The highest BCUT2D eigenvalue weighted by Gasteiger charge is 2.10. The van der Waals surface area contributed by atoms with Gasteiger partial charge in [-0.3, -0.25) is 4.68 Å². The number of alkyl halides is 1. The zero-order valence-electron chi connectivity index (χ0n) is 10.0. The van der Waals surface area contributed by atoms with Crippen LogP contribution in [-0.4, -0.2) is 24.8 Å². The second kappa shape index (κ2) is 5.31. The average Bonchev–Trinajstić information content (AvgIpc) is 2.97. The van der Waals surface area contributed by atoms with Crippen LogP contribution in [0.4, 0.5) is 0 Å². The first-order chi connectivity index (χ1) is 8.22. The topological polar surface area (TPSA) is 48.5 Å². The molecule has 0 fully saturated rings. The maximum atomic E-state index is 6.10. The third-order valence-electron chi connectivity index (χ3n) is 2.59. The molecule has 6 heteroatoms. The fraction of sp³-hybridized carbons (Fsp3) is 0.545. The monoisotopic (exact) mass is 253 g/mol. The summed E-state index contributed by atoms with van der Waals surface area (Å²) in [6.45, 7) is 5.65. The van der Waals surface area contributed by atoms with Gasteiger partial charge < -0.3 is 0 Å². The first kappa shape index (κ1) is 12.1. The summed E-state index contributed by atoms with van der Waals surface area (Å²) < 4.78 is 3.68. The zero-order chi connectivity index (χ0) is 12.3. The fourth-order valence-electron chi connectivity index (χ4n) is 1.59. The molecule has 0 saturated heterocycles. The van der Waals surface area contributed by atoms with Crippen LogP contribution in [0.1, 0.15) is 36.9 Å². The van der Waals surface area contributed by atoms with Crippen LogP contribution in [0, 0.1) is 0 Å². The molecule has 92 valence electrons. The lowest BCUT2D eigenvalue weighted by Crippen LogP contribution is -1.99. The second-order valence-corrected chi connectivity index (χ2v) is 4.45. The van der Waals surface area contributed by atoms with E-state index in [1.54, 1.807) is 4.68 Å². The minimum atomic E-state index is -0.0536. The van der Waals surface area contributed by atoms with Crippen molar-refractivity contribution < 1.29 is 0 Å².